The highest BCUT2D eigenvalue weighted by Gasteiger charge is 2.29. The minimum absolute atomic E-state index is 0.131. The van der Waals surface area contributed by atoms with Crippen molar-refractivity contribution in [2.45, 2.75) is 51.7 Å². The highest BCUT2D eigenvalue weighted by Crippen LogP contribution is 2.30. The number of likely N-dealkylation sites (tertiary alicyclic amines) is 1. The van der Waals surface area contributed by atoms with Gasteiger partial charge in [0.25, 0.3) is 5.91 Å². The van der Waals surface area contributed by atoms with E-state index in [2.05, 4.69) is 15.3 Å². The molecule has 1 aliphatic rings. The summed E-state index contributed by atoms with van der Waals surface area (Å²) in [5.74, 6) is -2.28. The fourth-order valence-electron chi connectivity index (χ4n) is 4.42. The van der Waals surface area contributed by atoms with Gasteiger partial charge in [-0.2, -0.15) is 4.98 Å². The SMILES string of the molecule is CC(C)Oc1ncc(C(=O)NCc2cccc(Cl)c2)c(C2CCN(C(=O)Cc3c(F)cccc3F)CC2)n1. The van der Waals surface area contributed by atoms with Crippen LogP contribution in [0.15, 0.2) is 48.7 Å². The highest BCUT2D eigenvalue weighted by molar-refractivity contribution is 6.30. The summed E-state index contributed by atoms with van der Waals surface area (Å²) in [5, 5.41) is 3.47. The number of halogens is 3. The monoisotopic (exact) mass is 542 g/mol. The molecule has 2 aromatic carbocycles. The van der Waals surface area contributed by atoms with Crippen LogP contribution in [0.3, 0.4) is 0 Å². The quantitative estimate of drug-likeness (QED) is 0.429. The average molecular weight is 543 g/mol. The Bertz CT molecular complexity index is 1290. The second kappa shape index (κ2) is 12.3. The maximum absolute atomic E-state index is 14.0. The van der Waals surface area contributed by atoms with Gasteiger partial charge in [0.15, 0.2) is 0 Å². The normalized spacial score (nSPS) is 14.0. The number of rotatable bonds is 8. The molecule has 1 saturated heterocycles. The molecule has 0 bridgehead atoms. The maximum atomic E-state index is 14.0. The van der Waals surface area contributed by atoms with E-state index in [1.54, 1.807) is 17.0 Å². The van der Waals surface area contributed by atoms with Crippen LogP contribution in [0.4, 0.5) is 8.78 Å². The van der Waals surface area contributed by atoms with E-state index in [-0.39, 0.29) is 48.4 Å². The van der Waals surface area contributed by atoms with Gasteiger partial charge in [-0.1, -0.05) is 29.8 Å². The molecule has 2 heterocycles. The number of carbonyl (C=O) groups excluding carboxylic acids is 2. The lowest BCUT2D eigenvalue weighted by atomic mass is 9.90. The molecule has 0 radical (unpaired) electrons. The topological polar surface area (TPSA) is 84.4 Å². The number of amides is 2. The number of nitrogens with zero attached hydrogens (tertiary/aromatic N) is 3. The molecule has 200 valence electrons. The van der Waals surface area contributed by atoms with Gasteiger partial charge in [0.1, 0.15) is 11.6 Å². The van der Waals surface area contributed by atoms with Crippen LogP contribution in [0.2, 0.25) is 5.02 Å². The Morgan fingerprint density at radius 2 is 1.82 bits per heavy atom. The smallest absolute Gasteiger partial charge is 0.316 e. The predicted molar refractivity (Wildman–Crippen MR) is 139 cm³/mol. The van der Waals surface area contributed by atoms with Gasteiger partial charge in [-0.15, -0.1) is 0 Å². The van der Waals surface area contributed by atoms with Crippen molar-refractivity contribution >= 4 is 23.4 Å². The summed E-state index contributed by atoms with van der Waals surface area (Å²) in [7, 11) is 0. The lowest BCUT2D eigenvalue weighted by Crippen LogP contribution is -2.39. The first kappa shape index (κ1) is 27.4. The van der Waals surface area contributed by atoms with E-state index in [0.29, 0.717) is 42.2 Å². The van der Waals surface area contributed by atoms with Crippen LogP contribution in [0.5, 0.6) is 6.01 Å². The molecule has 1 aliphatic heterocycles. The van der Waals surface area contributed by atoms with Crippen molar-refractivity contribution in [2.24, 2.45) is 0 Å². The summed E-state index contributed by atoms with van der Waals surface area (Å²) in [4.78, 5) is 36.3. The Balaban J connectivity index is 1.47. The van der Waals surface area contributed by atoms with Crippen molar-refractivity contribution in [1.29, 1.82) is 0 Å². The van der Waals surface area contributed by atoms with E-state index < -0.39 is 11.6 Å². The first-order valence-corrected chi connectivity index (χ1v) is 12.9. The molecule has 0 unspecified atom stereocenters. The van der Waals surface area contributed by atoms with Crippen molar-refractivity contribution in [1.82, 2.24) is 20.2 Å². The molecular weight excluding hydrogens is 514 g/mol. The van der Waals surface area contributed by atoms with Crippen molar-refractivity contribution in [3.8, 4) is 6.01 Å². The minimum Gasteiger partial charge on any atom is -0.461 e. The summed E-state index contributed by atoms with van der Waals surface area (Å²) in [5.41, 5.74) is 1.50. The molecule has 2 amide bonds. The number of carbonyl (C=O) groups is 2. The molecule has 38 heavy (non-hydrogen) atoms. The molecular formula is C28H29ClF2N4O3. The fourth-order valence-corrected chi connectivity index (χ4v) is 4.64. The summed E-state index contributed by atoms with van der Waals surface area (Å²) in [6, 6.07) is 10.9. The van der Waals surface area contributed by atoms with Crippen molar-refractivity contribution in [3.05, 3.63) is 87.7 Å². The third kappa shape index (κ3) is 6.83. The largest absolute Gasteiger partial charge is 0.461 e. The van der Waals surface area contributed by atoms with Gasteiger partial charge >= 0.3 is 6.01 Å². The number of piperidine rings is 1. The zero-order valence-corrected chi connectivity index (χ0v) is 22.0. The van der Waals surface area contributed by atoms with Crippen LogP contribution in [0, 0.1) is 11.6 Å². The molecule has 3 aromatic rings. The van der Waals surface area contributed by atoms with Crippen LogP contribution in [0.1, 0.15) is 59.8 Å². The third-order valence-corrected chi connectivity index (χ3v) is 6.58. The summed E-state index contributed by atoms with van der Waals surface area (Å²) < 4.78 is 33.7. The van der Waals surface area contributed by atoms with Crippen molar-refractivity contribution in [2.75, 3.05) is 13.1 Å². The zero-order valence-electron chi connectivity index (χ0n) is 21.2. The lowest BCUT2D eigenvalue weighted by Gasteiger charge is -2.32. The van der Waals surface area contributed by atoms with Gasteiger partial charge in [-0.05, 0) is 56.5 Å². The van der Waals surface area contributed by atoms with E-state index >= 15 is 0 Å². The number of ether oxygens (including phenoxy) is 1. The number of aromatic nitrogens is 2. The van der Waals surface area contributed by atoms with Gasteiger partial charge in [0.2, 0.25) is 5.91 Å². The molecule has 1 N–H and O–H groups in total. The average Bonchev–Trinajstić information content (AvgIpc) is 2.89. The third-order valence-electron chi connectivity index (χ3n) is 6.35. The van der Waals surface area contributed by atoms with Crippen molar-refractivity contribution < 1.29 is 23.1 Å². The molecule has 0 saturated carbocycles. The molecule has 0 spiro atoms. The highest BCUT2D eigenvalue weighted by atomic mass is 35.5. The Hall–Kier alpha value is -3.59. The molecule has 1 fully saturated rings. The van der Waals surface area contributed by atoms with Gasteiger partial charge in [-0.3, -0.25) is 9.59 Å². The number of nitrogens with one attached hydrogen (secondary N) is 1. The molecule has 4 rings (SSSR count). The Morgan fingerprint density at radius 3 is 2.47 bits per heavy atom. The summed E-state index contributed by atoms with van der Waals surface area (Å²) in [6.07, 6.45) is 2.02. The van der Waals surface area contributed by atoms with Crippen LogP contribution < -0.4 is 10.1 Å². The zero-order chi connectivity index (χ0) is 27.2. The maximum Gasteiger partial charge on any atom is 0.316 e. The van der Waals surface area contributed by atoms with Gasteiger partial charge in [0.05, 0.1) is 23.8 Å². The molecule has 1 aromatic heterocycles. The van der Waals surface area contributed by atoms with Crippen LogP contribution in [-0.4, -0.2) is 45.9 Å². The first-order chi connectivity index (χ1) is 18.2. The number of hydrogen-bond donors (Lipinski definition) is 1. The van der Waals surface area contributed by atoms with Crippen LogP contribution in [-0.2, 0) is 17.8 Å². The molecule has 0 atom stereocenters. The fraction of sp³-hybridized carbons (Fsp3) is 0.357. The van der Waals surface area contributed by atoms with Crippen molar-refractivity contribution in [3.63, 3.8) is 0 Å². The van der Waals surface area contributed by atoms with Gasteiger partial charge < -0.3 is 15.0 Å². The van der Waals surface area contributed by atoms with E-state index in [0.717, 1.165) is 17.7 Å². The molecule has 0 aliphatic carbocycles. The number of hydrogen-bond acceptors (Lipinski definition) is 5. The summed E-state index contributed by atoms with van der Waals surface area (Å²) in [6.45, 7) is 4.73. The molecule has 10 heteroatoms. The standard InChI is InChI=1S/C28H29ClF2N4O3/c1-17(2)38-28-33-16-22(27(37)32-15-18-5-3-6-20(29)13-18)26(34-28)19-9-11-35(12-10-19)25(36)14-21-23(30)7-4-8-24(21)31/h3-8,13,16-17,19H,9-12,14-15H2,1-2H3,(H,32,37). The molecule has 7 nitrogen and oxygen atoms in total. The van der Waals surface area contributed by atoms with Gasteiger partial charge in [0, 0.05) is 42.3 Å². The Labute approximate surface area is 225 Å². The van der Waals surface area contributed by atoms with Crippen LogP contribution in [0.25, 0.3) is 0 Å². The first-order valence-electron chi connectivity index (χ1n) is 12.5. The van der Waals surface area contributed by atoms with Gasteiger partial charge in [-0.25, -0.2) is 13.8 Å². The minimum atomic E-state index is -0.736. The van der Waals surface area contributed by atoms with Crippen LogP contribution >= 0.6 is 11.6 Å². The second-order valence-electron chi connectivity index (χ2n) is 9.46. The predicted octanol–water partition coefficient (Wildman–Crippen LogP) is 5.07. The second-order valence-corrected chi connectivity index (χ2v) is 9.90. The Kier molecular flexibility index (Phi) is 8.89. The van der Waals surface area contributed by atoms with E-state index in [9.17, 15) is 18.4 Å². The lowest BCUT2D eigenvalue weighted by molar-refractivity contribution is -0.131. The van der Waals surface area contributed by atoms with E-state index in [4.69, 9.17) is 16.3 Å². The number of benzene rings is 2. The van der Waals surface area contributed by atoms with E-state index in [1.165, 1.54) is 12.3 Å². The van der Waals surface area contributed by atoms with E-state index in [1.807, 2.05) is 26.0 Å². The summed E-state index contributed by atoms with van der Waals surface area (Å²) >= 11 is 6.05. The Morgan fingerprint density at radius 1 is 1.13 bits per heavy atom.